The predicted octanol–water partition coefficient (Wildman–Crippen LogP) is 0.795. The monoisotopic (exact) mass is 240 g/mol. The summed E-state index contributed by atoms with van der Waals surface area (Å²) in [6.07, 6.45) is 2.48. The van der Waals surface area contributed by atoms with Crippen molar-refractivity contribution in [3.8, 4) is 0 Å². The highest BCUT2D eigenvalue weighted by molar-refractivity contribution is 5.83. The Kier molecular flexibility index (Phi) is 4.03. The molecule has 0 aromatic heterocycles. The van der Waals surface area contributed by atoms with Crippen molar-refractivity contribution in [1.82, 2.24) is 0 Å². The Morgan fingerprint density at radius 1 is 1.35 bits per heavy atom. The zero-order valence-corrected chi connectivity index (χ0v) is 8.96. The van der Waals surface area contributed by atoms with E-state index in [0.717, 1.165) is 6.08 Å². The molecule has 6 nitrogen and oxygen atoms in total. The third-order valence-corrected chi connectivity index (χ3v) is 2.50. The minimum atomic E-state index is -1.25. The predicted molar refractivity (Wildman–Crippen MR) is 55.9 cm³/mol. The topological polar surface area (TPSA) is 101 Å². The molecular weight excluding hydrogens is 228 g/mol. The van der Waals surface area contributed by atoms with Gasteiger partial charge >= 0.3 is 17.9 Å². The molecule has 2 unspecified atom stereocenters. The second-order valence-electron chi connectivity index (χ2n) is 3.61. The van der Waals surface area contributed by atoms with Gasteiger partial charge in [0.15, 0.2) is 0 Å². The highest BCUT2D eigenvalue weighted by Crippen LogP contribution is 2.30. The summed E-state index contributed by atoms with van der Waals surface area (Å²) in [6.45, 7) is 3.21. The summed E-state index contributed by atoms with van der Waals surface area (Å²) in [7, 11) is 0. The molecule has 0 radical (unpaired) electrons. The lowest BCUT2D eigenvalue weighted by molar-refractivity contribution is -0.152. The zero-order chi connectivity index (χ0) is 13.0. The maximum Gasteiger partial charge on any atom is 0.335 e. The van der Waals surface area contributed by atoms with Crippen LogP contribution in [0.2, 0.25) is 0 Å². The summed E-state index contributed by atoms with van der Waals surface area (Å²) < 4.78 is 4.80. The third kappa shape index (κ3) is 3.17. The number of carbonyl (C=O) groups excluding carboxylic acids is 1. The van der Waals surface area contributed by atoms with Gasteiger partial charge in [-0.3, -0.25) is 9.59 Å². The molecular formula is C11H12O6. The van der Waals surface area contributed by atoms with Crippen molar-refractivity contribution in [3.05, 3.63) is 24.5 Å². The van der Waals surface area contributed by atoms with Gasteiger partial charge in [0.1, 0.15) is 5.76 Å². The molecule has 92 valence electrons. The van der Waals surface area contributed by atoms with Crippen molar-refractivity contribution in [2.45, 2.75) is 12.8 Å². The quantitative estimate of drug-likeness (QED) is 0.556. The standard InChI is InChI=1S/C11H12O6/c1-2-9(12)17-6-3-4-7(10(13)14)8(5-6)11(15)16/h2,5,7-8H,1,3-4H2,(H,13,14)(H,15,16). The van der Waals surface area contributed by atoms with E-state index in [1.54, 1.807) is 0 Å². The Labute approximate surface area is 97.2 Å². The normalized spacial score (nSPS) is 23.4. The van der Waals surface area contributed by atoms with Gasteiger partial charge in [-0.15, -0.1) is 0 Å². The molecule has 0 bridgehead atoms. The van der Waals surface area contributed by atoms with Crippen molar-refractivity contribution >= 4 is 17.9 Å². The molecule has 17 heavy (non-hydrogen) atoms. The van der Waals surface area contributed by atoms with Gasteiger partial charge in [0, 0.05) is 12.5 Å². The summed E-state index contributed by atoms with van der Waals surface area (Å²) >= 11 is 0. The van der Waals surface area contributed by atoms with E-state index < -0.39 is 29.7 Å². The molecule has 0 aromatic rings. The summed E-state index contributed by atoms with van der Waals surface area (Å²) in [5, 5.41) is 17.8. The van der Waals surface area contributed by atoms with Gasteiger partial charge in [-0.05, 0) is 12.5 Å². The molecule has 0 spiro atoms. The van der Waals surface area contributed by atoms with E-state index in [-0.39, 0.29) is 18.6 Å². The molecule has 1 rings (SSSR count). The summed E-state index contributed by atoms with van der Waals surface area (Å²) in [5.74, 6) is -5.08. The fourth-order valence-electron chi connectivity index (χ4n) is 1.65. The fraction of sp³-hybridized carbons (Fsp3) is 0.364. The van der Waals surface area contributed by atoms with Crippen LogP contribution in [0.15, 0.2) is 24.5 Å². The van der Waals surface area contributed by atoms with Gasteiger partial charge in [0.2, 0.25) is 0 Å². The van der Waals surface area contributed by atoms with Crippen molar-refractivity contribution < 1.29 is 29.3 Å². The lowest BCUT2D eigenvalue weighted by Crippen LogP contribution is -2.31. The smallest absolute Gasteiger partial charge is 0.335 e. The van der Waals surface area contributed by atoms with E-state index in [1.165, 1.54) is 6.08 Å². The fourth-order valence-corrected chi connectivity index (χ4v) is 1.65. The van der Waals surface area contributed by atoms with Gasteiger partial charge in [0.25, 0.3) is 0 Å². The molecule has 0 aromatic carbocycles. The van der Waals surface area contributed by atoms with Crippen LogP contribution < -0.4 is 0 Å². The molecule has 6 heteroatoms. The average molecular weight is 240 g/mol. The van der Waals surface area contributed by atoms with Gasteiger partial charge in [-0.2, -0.15) is 0 Å². The van der Waals surface area contributed by atoms with E-state index in [1.807, 2.05) is 0 Å². The van der Waals surface area contributed by atoms with Crippen molar-refractivity contribution in [2.75, 3.05) is 0 Å². The van der Waals surface area contributed by atoms with Crippen molar-refractivity contribution in [1.29, 1.82) is 0 Å². The lowest BCUT2D eigenvalue weighted by Gasteiger charge is -2.23. The lowest BCUT2D eigenvalue weighted by atomic mass is 9.83. The molecule has 0 heterocycles. The molecule has 0 saturated carbocycles. The number of carboxylic acid groups (broad SMARTS) is 2. The van der Waals surface area contributed by atoms with Crippen LogP contribution in [0.3, 0.4) is 0 Å². The van der Waals surface area contributed by atoms with Crippen LogP contribution in [-0.2, 0) is 19.1 Å². The van der Waals surface area contributed by atoms with Crippen molar-refractivity contribution in [3.63, 3.8) is 0 Å². The number of carboxylic acids is 2. The SMILES string of the molecule is C=CC(=O)OC1=CC(C(=O)O)C(C(=O)O)CC1. The molecule has 2 N–H and O–H groups in total. The Hall–Kier alpha value is -2.11. The van der Waals surface area contributed by atoms with Gasteiger partial charge < -0.3 is 14.9 Å². The first kappa shape index (κ1) is 13.0. The molecule has 2 atom stereocenters. The molecule has 0 fully saturated rings. The van der Waals surface area contributed by atoms with Crippen LogP contribution in [0, 0.1) is 11.8 Å². The summed E-state index contributed by atoms with van der Waals surface area (Å²) in [6, 6.07) is 0. The number of allylic oxidation sites excluding steroid dienone is 1. The van der Waals surface area contributed by atoms with Crippen molar-refractivity contribution in [2.24, 2.45) is 11.8 Å². The summed E-state index contributed by atoms with van der Waals surface area (Å²) in [5.41, 5.74) is 0. The Morgan fingerprint density at radius 2 is 2.00 bits per heavy atom. The largest absolute Gasteiger partial charge is 0.481 e. The Morgan fingerprint density at radius 3 is 2.47 bits per heavy atom. The Bertz CT molecular complexity index is 395. The molecule has 1 aliphatic rings. The highest BCUT2D eigenvalue weighted by Gasteiger charge is 2.36. The second-order valence-corrected chi connectivity index (χ2v) is 3.61. The van der Waals surface area contributed by atoms with Crippen LogP contribution in [0.4, 0.5) is 0 Å². The van der Waals surface area contributed by atoms with Crippen LogP contribution >= 0.6 is 0 Å². The van der Waals surface area contributed by atoms with E-state index in [0.29, 0.717) is 0 Å². The van der Waals surface area contributed by atoms with E-state index in [2.05, 4.69) is 6.58 Å². The molecule has 0 saturated heterocycles. The number of rotatable bonds is 4. The first-order chi connectivity index (χ1) is 7.95. The van der Waals surface area contributed by atoms with Crippen LogP contribution in [0.25, 0.3) is 0 Å². The van der Waals surface area contributed by atoms with Crippen LogP contribution in [0.5, 0.6) is 0 Å². The van der Waals surface area contributed by atoms with Gasteiger partial charge in [0.05, 0.1) is 11.8 Å². The number of esters is 1. The number of ether oxygens (including phenoxy) is 1. The average Bonchev–Trinajstić information content (AvgIpc) is 2.28. The van der Waals surface area contributed by atoms with Crippen LogP contribution in [0.1, 0.15) is 12.8 Å². The van der Waals surface area contributed by atoms with Crippen LogP contribution in [-0.4, -0.2) is 28.1 Å². The van der Waals surface area contributed by atoms with E-state index >= 15 is 0 Å². The second kappa shape index (κ2) is 5.29. The van der Waals surface area contributed by atoms with Gasteiger partial charge in [-0.1, -0.05) is 6.58 Å². The van der Waals surface area contributed by atoms with E-state index in [9.17, 15) is 14.4 Å². The number of hydrogen-bond acceptors (Lipinski definition) is 4. The number of hydrogen-bond donors (Lipinski definition) is 2. The van der Waals surface area contributed by atoms with Gasteiger partial charge in [-0.25, -0.2) is 4.79 Å². The first-order valence-corrected chi connectivity index (χ1v) is 4.96. The maximum atomic E-state index is 10.9. The maximum absolute atomic E-state index is 10.9. The minimum absolute atomic E-state index is 0.128. The third-order valence-electron chi connectivity index (χ3n) is 2.50. The highest BCUT2D eigenvalue weighted by atomic mass is 16.5. The minimum Gasteiger partial charge on any atom is -0.481 e. The summed E-state index contributed by atoms with van der Waals surface area (Å²) in [4.78, 5) is 32.7. The first-order valence-electron chi connectivity index (χ1n) is 4.96. The Balaban J connectivity index is 2.87. The molecule has 1 aliphatic carbocycles. The molecule has 0 amide bonds. The number of aliphatic carboxylic acids is 2. The zero-order valence-electron chi connectivity index (χ0n) is 8.96. The number of carbonyl (C=O) groups is 3. The van der Waals surface area contributed by atoms with E-state index in [4.69, 9.17) is 14.9 Å². The molecule has 0 aliphatic heterocycles.